The largest absolute Gasteiger partial charge is 0.292 e. The Hall–Kier alpha value is -2.21. The van der Waals surface area contributed by atoms with Gasteiger partial charge in [0.25, 0.3) is 0 Å². The summed E-state index contributed by atoms with van der Waals surface area (Å²) in [6, 6.07) is 13.0. The zero-order valence-corrected chi connectivity index (χ0v) is 16.9. The van der Waals surface area contributed by atoms with Gasteiger partial charge in [0, 0.05) is 11.6 Å². The third-order valence-electron chi connectivity index (χ3n) is 6.34. The van der Waals surface area contributed by atoms with E-state index in [1.54, 1.807) is 24.3 Å². The lowest BCUT2D eigenvalue weighted by Gasteiger charge is -2.27. The molecule has 0 spiro atoms. The first kappa shape index (κ1) is 18.8. The maximum absolute atomic E-state index is 13.4. The molecule has 29 heavy (non-hydrogen) atoms. The maximum Gasteiger partial charge on any atom is 0.239 e. The molecule has 148 valence electrons. The molecule has 0 aromatic heterocycles. The smallest absolute Gasteiger partial charge is 0.239 e. The van der Waals surface area contributed by atoms with Crippen LogP contribution < -0.4 is 4.90 Å². The summed E-state index contributed by atoms with van der Waals surface area (Å²) in [7, 11) is 0. The third-order valence-corrected chi connectivity index (χ3v) is 7.08. The molecular formula is C22H18Cl2N2O3. The number of rotatable bonds is 3. The Morgan fingerprint density at radius 2 is 1.66 bits per heavy atom. The van der Waals surface area contributed by atoms with E-state index in [1.165, 1.54) is 11.0 Å². The number of nitrogens with zero attached hydrogens (tertiary/aromatic N) is 2. The maximum atomic E-state index is 13.4. The van der Waals surface area contributed by atoms with Crippen molar-refractivity contribution >= 4 is 46.5 Å². The molecule has 0 radical (unpaired) electrons. The minimum Gasteiger partial charge on any atom is -0.292 e. The number of carbonyl (C=O) groups is 3. The number of halogens is 2. The predicted molar refractivity (Wildman–Crippen MR) is 110 cm³/mol. The standard InChI is InChI=1S/C22H18Cl2N2O3/c23-14-9-8-13(11-15(14)24)26-21(28)17-16-7-4-10-25(16)19(18(17)22(26)29)20(27)12-5-2-1-3-6-12/h1-3,5-6,8-9,11,16-19H,4,7,10H2/t16-,17-,18+,19-/m1/s1. The molecule has 7 heteroatoms. The van der Waals surface area contributed by atoms with Crippen molar-refractivity contribution in [2.24, 2.45) is 11.8 Å². The van der Waals surface area contributed by atoms with Gasteiger partial charge in [-0.3, -0.25) is 19.3 Å². The highest BCUT2D eigenvalue weighted by Gasteiger charge is 2.64. The molecule has 0 saturated carbocycles. The van der Waals surface area contributed by atoms with Gasteiger partial charge in [-0.2, -0.15) is 0 Å². The van der Waals surface area contributed by atoms with Gasteiger partial charge < -0.3 is 0 Å². The Balaban J connectivity index is 1.56. The highest BCUT2D eigenvalue weighted by Crippen LogP contribution is 2.48. The van der Waals surface area contributed by atoms with Crippen LogP contribution in [-0.4, -0.2) is 41.1 Å². The number of carbonyl (C=O) groups excluding carboxylic acids is 3. The van der Waals surface area contributed by atoms with E-state index in [0.717, 1.165) is 19.4 Å². The molecule has 0 unspecified atom stereocenters. The molecule has 3 aliphatic heterocycles. The van der Waals surface area contributed by atoms with Crippen LogP contribution in [0, 0.1) is 11.8 Å². The molecule has 3 aliphatic rings. The Kier molecular flexibility index (Phi) is 4.50. The van der Waals surface area contributed by atoms with E-state index in [0.29, 0.717) is 16.3 Å². The Morgan fingerprint density at radius 3 is 2.38 bits per heavy atom. The number of hydrogen-bond acceptors (Lipinski definition) is 4. The van der Waals surface area contributed by atoms with E-state index < -0.39 is 17.9 Å². The Morgan fingerprint density at radius 1 is 0.931 bits per heavy atom. The molecule has 2 aromatic carbocycles. The molecule has 3 fully saturated rings. The fourth-order valence-corrected chi connectivity index (χ4v) is 5.46. The quantitative estimate of drug-likeness (QED) is 0.550. The SMILES string of the molecule is O=C(c1ccccc1)[C@H]1[C@H]2C(=O)N(c3ccc(Cl)c(Cl)c3)C(=O)[C@@H]2[C@H]2CCCN21. The van der Waals surface area contributed by atoms with Gasteiger partial charge >= 0.3 is 0 Å². The van der Waals surface area contributed by atoms with Crippen LogP contribution in [0.15, 0.2) is 48.5 Å². The number of hydrogen-bond donors (Lipinski definition) is 0. The average molecular weight is 429 g/mol. The highest BCUT2D eigenvalue weighted by atomic mass is 35.5. The van der Waals surface area contributed by atoms with Crippen LogP contribution in [0.3, 0.4) is 0 Å². The first-order valence-electron chi connectivity index (χ1n) is 9.67. The topological polar surface area (TPSA) is 57.7 Å². The van der Waals surface area contributed by atoms with Gasteiger partial charge in [0.05, 0.1) is 33.6 Å². The minimum atomic E-state index is -0.671. The summed E-state index contributed by atoms with van der Waals surface area (Å²) in [6.45, 7) is 0.730. The van der Waals surface area contributed by atoms with Gasteiger partial charge in [-0.05, 0) is 37.6 Å². The number of amides is 2. The van der Waals surface area contributed by atoms with Crippen molar-refractivity contribution < 1.29 is 14.4 Å². The summed E-state index contributed by atoms with van der Waals surface area (Å²) in [5, 5.41) is 0.634. The predicted octanol–water partition coefficient (Wildman–Crippen LogP) is 3.83. The monoisotopic (exact) mass is 428 g/mol. The fourth-order valence-electron chi connectivity index (χ4n) is 5.17. The Labute approximate surface area is 178 Å². The lowest BCUT2D eigenvalue weighted by Crippen LogP contribution is -2.46. The average Bonchev–Trinajstić information content (AvgIpc) is 3.37. The van der Waals surface area contributed by atoms with Crippen molar-refractivity contribution in [1.29, 1.82) is 0 Å². The second kappa shape index (κ2) is 6.94. The van der Waals surface area contributed by atoms with Gasteiger partial charge in [0.1, 0.15) is 0 Å². The normalized spacial score (nSPS) is 28.7. The first-order valence-corrected chi connectivity index (χ1v) is 10.4. The summed E-state index contributed by atoms with van der Waals surface area (Å²) in [5.41, 5.74) is 0.969. The van der Waals surface area contributed by atoms with Gasteiger partial charge in [-0.15, -0.1) is 0 Å². The molecular weight excluding hydrogens is 411 g/mol. The summed E-state index contributed by atoms with van der Waals surface area (Å²) in [4.78, 5) is 43.4. The Bertz CT molecular complexity index is 1030. The van der Waals surface area contributed by atoms with Crippen molar-refractivity contribution in [3.8, 4) is 0 Å². The number of Topliss-reactive ketones (excluding diaryl/α,β-unsaturated/α-hetero) is 1. The number of benzene rings is 2. The zero-order chi connectivity index (χ0) is 20.3. The molecule has 3 heterocycles. The summed E-state index contributed by atoms with van der Waals surface area (Å²) < 4.78 is 0. The first-order chi connectivity index (χ1) is 14.0. The number of imide groups is 1. The lowest BCUT2D eigenvalue weighted by atomic mass is 9.85. The van der Waals surface area contributed by atoms with E-state index >= 15 is 0 Å². The van der Waals surface area contributed by atoms with E-state index in [2.05, 4.69) is 4.90 Å². The van der Waals surface area contributed by atoms with Crippen LogP contribution in [0.5, 0.6) is 0 Å². The summed E-state index contributed by atoms with van der Waals surface area (Å²) >= 11 is 12.1. The van der Waals surface area contributed by atoms with Crippen LogP contribution in [0.1, 0.15) is 23.2 Å². The van der Waals surface area contributed by atoms with Crippen molar-refractivity contribution in [3.63, 3.8) is 0 Å². The molecule has 0 aliphatic carbocycles. The number of anilines is 1. The van der Waals surface area contributed by atoms with Gasteiger partial charge in [0.15, 0.2) is 5.78 Å². The van der Waals surface area contributed by atoms with Crippen LogP contribution in [0.25, 0.3) is 0 Å². The van der Waals surface area contributed by atoms with Gasteiger partial charge in [-0.25, -0.2) is 4.90 Å². The minimum absolute atomic E-state index is 0.0816. The van der Waals surface area contributed by atoms with Crippen LogP contribution in [-0.2, 0) is 9.59 Å². The molecule has 0 N–H and O–H groups in total. The second-order valence-electron chi connectivity index (χ2n) is 7.78. The summed E-state index contributed by atoms with van der Waals surface area (Å²) in [6.07, 6.45) is 1.73. The van der Waals surface area contributed by atoms with Crippen LogP contribution in [0.4, 0.5) is 5.69 Å². The van der Waals surface area contributed by atoms with Crippen molar-refractivity contribution in [1.82, 2.24) is 4.90 Å². The second-order valence-corrected chi connectivity index (χ2v) is 8.60. The summed E-state index contributed by atoms with van der Waals surface area (Å²) in [5.74, 6) is -1.85. The van der Waals surface area contributed by atoms with E-state index in [4.69, 9.17) is 23.2 Å². The van der Waals surface area contributed by atoms with Gasteiger partial charge in [0.2, 0.25) is 11.8 Å². The van der Waals surface area contributed by atoms with Gasteiger partial charge in [-0.1, -0.05) is 53.5 Å². The molecule has 2 aromatic rings. The molecule has 5 nitrogen and oxygen atoms in total. The van der Waals surface area contributed by atoms with E-state index in [1.807, 2.05) is 18.2 Å². The number of ketones is 1. The third kappa shape index (κ3) is 2.75. The molecule has 0 bridgehead atoms. The van der Waals surface area contributed by atoms with E-state index in [-0.39, 0.29) is 28.7 Å². The highest BCUT2D eigenvalue weighted by molar-refractivity contribution is 6.42. The van der Waals surface area contributed by atoms with Crippen LogP contribution in [0.2, 0.25) is 10.0 Å². The lowest BCUT2D eigenvalue weighted by molar-refractivity contribution is -0.123. The molecule has 2 amide bonds. The van der Waals surface area contributed by atoms with E-state index in [9.17, 15) is 14.4 Å². The van der Waals surface area contributed by atoms with Crippen molar-refractivity contribution in [2.45, 2.75) is 24.9 Å². The zero-order valence-electron chi connectivity index (χ0n) is 15.4. The molecule has 5 rings (SSSR count). The van der Waals surface area contributed by atoms with Crippen molar-refractivity contribution in [3.05, 3.63) is 64.1 Å². The van der Waals surface area contributed by atoms with Crippen molar-refractivity contribution in [2.75, 3.05) is 11.4 Å². The fraction of sp³-hybridized carbons (Fsp3) is 0.318. The molecule has 4 atom stereocenters. The van der Waals surface area contributed by atoms with Crippen LogP contribution >= 0.6 is 23.2 Å². The molecule has 3 saturated heterocycles. The number of fused-ring (bicyclic) bond motifs is 3.